The molecule has 1 aromatic heterocycles. The highest BCUT2D eigenvalue weighted by atomic mass is 15.5. The van der Waals surface area contributed by atoms with E-state index < -0.39 is 0 Å². The van der Waals surface area contributed by atoms with Crippen molar-refractivity contribution in [2.45, 2.75) is 0 Å². The fraction of sp³-hybridized carbons (Fsp3) is 0. The van der Waals surface area contributed by atoms with Crippen molar-refractivity contribution in [1.82, 2.24) is 20.6 Å². The highest BCUT2D eigenvalue weighted by molar-refractivity contribution is 6.13. The monoisotopic (exact) mass is 287 g/mol. The van der Waals surface area contributed by atoms with Crippen molar-refractivity contribution in [2.24, 2.45) is 5.10 Å². The van der Waals surface area contributed by atoms with E-state index in [1.54, 1.807) is 6.21 Å². The Morgan fingerprint density at radius 2 is 1.64 bits per heavy atom. The molecule has 0 saturated heterocycles. The summed E-state index contributed by atoms with van der Waals surface area (Å²) < 4.78 is 0. The maximum absolute atomic E-state index is 4.10. The third kappa shape index (κ3) is 2.16. The summed E-state index contributed by atoms with van der Waals surface area (Å²) in [6, 6.07) is 18.6. The Kier molecular flexibility index (Phi) is 2.97. The summed E-state index contributed by atoms with van der Waals surface area (Å²) in [6.45, 7) is 0. The fourth-order valence-corrected chi connectivity index (χ4v) is 2.53. The minimum atomic E-state index is 0.209. The zero-order valence-corrected chi connectivity index (χ0v) is 11.5. The van der Waals surface area contributed by atoms with Gasteiger partial charge < -0.3 is 0 Å². The number of aromatic nitrogens is 4. The highest BCUT2D eigenvalue weighted by Crippen LogP contribution is 2.27. The summed E-state index contributed by atoms with van der Waals surface area (Å²) in [5.41, 5.74) is 4.96. The van der Waals surface area contributed by atoms with Gasteiger partial charge >= 0.3 is 0 Å². The van der Waals surface area contributed by atoms with Gasteiger partial charge in [0.1, 0.15) is 0 Å². The Bertz CT molecular complexity index is 905. The minimum absolute atomic E-state index is 0.209. The van der Waals surface area contributed by atoms with E-state index in [0.717, 1.165) is 16.3 Å². The summed E-state index contributed by atoms with van der Waals surface area (Å²) in [6.07, 6.45) is 1.74. The van der Waals surface area contributed by atoms with Gasteiger partial charge in [-0.1, -0.05) is 48.5 Å². The first kappa shape index (κ1) is 12.5. The predicted molar refractivity (Wildman–Crippen MR) is 86.2 cm³/mol. The molecule has 106 valence electrons. The van der Waals surface area contributed by atoms with Gasteiger partial charge in [-0.25, -0.2) is 5.10 Å². The number of fused-ring (bicyclic) bond motifs is 2. The molecule has 6 nitrogen and oxygen atoms in total. The molecule has 1 N–H and O–H groups in total. The second-order valence-corrected chi connectivity index (χ2v) is 4.79. The maximum Gasteiger partial charge on any atom is 0.0830 e. The third-order valence-electron chi connectivity index (χ3n) is 3.48. The molecule has 0 radical (unpaired) electrons. The fourth-order valence-electron chi connectivity index (χ4n) is 2.53. The smallest absolute Gasteiger partial charge is 0.0830 e. The van der Waals surface area contributed by atoms with Crippen molar-refractivity contribution in [3.05, 3.63) is 65.6 Å². The average molecular weight is 287 g/mol. The van der Waals surface area contributed by atoms with Crippen LogP contribution in [-0.2, 0) is 0 Å². The van der Waals surface area contributed by atoms with Crippen molar-refractivity contribution in [2.75, 3.05) is 0 Å². The molecule has 6 heteroatoms. The van der Waals surface area contributed by atoms with Crippen molar-refractivity contribution in [3.8, 4) is 0 Å². The lowest BCUT2D eigenvalue weighted by Gasteiger charge is -2.08. The molecule has 0 unspecified atom stereocenters. The molecule has 4 rings (SSSR count). The first-order valence-electron chi connectivity index (χ1n) is 6.80. The number of benzene rings is 3. The standard InChI is InChI=1S/C16H11N6/c1-3-7-13-11(5-1)9-12-6-2-4-8-14(12)15(13)10-17-18-16-19-21-22-20-16/h1-10H,(H-,18,19,20,21,22)/q-1/b17-10-. The topological polar surface area (TPSA) is 80.9 Å². The molecule has 0 aliphatic rings. The molecular weight excluding hydrogens is 276 g/mol. The lowest BCUT2D eigenvalue weighted by molar-refractivity contribution is 0.881. The van der Waals surface area contributed by atoms with Gasteiger partial charge in [0.25, 0.3) is 0 Å². The van der Waals surface area contributed by atoms with E-state index >= 15 is 0 Å². The van der Waals surface area contributed by atoms with Crippen LogP contribution in [0.2, 0.25) is 0 Å². The Balaban J connectivity index is 1.87. The van der Waals surface area contributed by atoms with E-state index in [1.807, 2.05) is 24.3 Å². The molecule has 0 aliphatic heterocycles. The van der Waals surface area contributed by atoms with Crippen molar-refractivity contribution >= 4 is 33.7 Å². The molecule has 0 saturated carbocycles. The Labute approximate surface area is 125 Å². The SMILES string of the molecule is C(=N/[N-]c1nn[nH]n1)/c1c2ccccc2cc2ccccc12. The van der Waals surface area contributed by atoms with Crippen LogP contribution in [-0.4, -0.2) is 26.8 Å². The quantitative estimate of drug-likeness (QED) is 0.355. The van der Waals surface area contributed by atoms with Gasteiger partial charge in [0, 0.05) is 11.8 Å². The van der Waals surface area contributed by atoms with Crippen LogP contribution in [0.1, 0.15) is 5.56 Å². The van der Waals surface area contributed by atoms with Gasteiger partial charge in [-0.15, -0.1) is 5.21 Å². The highest BCUT2D eigenvalue weighted by Gasteiger charge is 2.04. The van der Waals surface area contributed by atoms with Crippen LogP contribution in [0.3, 0.4) is 0 Å². The van der Waals surface area contributed by atoms with Gasteiger partial charge in [-0.2, -0.15) is 0 Å². The van der Waals surface area contributed by atoms with Crippen LogP contribution in [0.25, 0.3) is 27.0 Å². The van der Waals surface area contributed by atoms with Gasteiger partial charge in [-0.05, 0) is 27.6 Å². The van der Waals surface area contributed by atoms with E-state index in [4.69, 9.17) is 0 Å². The summed E-state index contributed by atoms with van der Waals surface area (Å²) in [5.74, 6) is 0.209. The van der Waals surface area contributed by atoms with Gasteiger partial charge in [0.2, 0.25) is 0 Å². The first-order valence-corrected chi connectivity index (χ1v) is 6.80. The second-order valence-electron chi connectivity index (χ2n) is 4.79. The molecule has 0 bridgehead atoms. The molecule has 4 aromatic rings. The van der Waals surface area contributed by atoms with Crippen molar-refractivity contribution < 1.29 is 0 Å². The van der Waals surface area contributed by atoms with E-state index in [1.165, 1.54) is 10.8 Å². The normalized spacial score (nSPS) is 11.5. The van der Waals surface area contributed by atoms with Crippen molar-refractivity contribution in [3.63, 3.8) is 0 Å². The zero-order chi connectivity index (χ0) is 14.8. The number of rotatable bonds is 3. The van der Waals surface area contributed by atoms with E-state index in [-0.39, 0.29) is 5.95 Å². The van der Waals surface area contributed by atoms with Crippen LogP contribution in [0.4, 0.5) is 5.95 Å². The first-order chi connectivity index (χ1) is 10.9. The lowest BCUT2D eigenvalue weighted by Crippen LogP contribution is -1.88. The molecular formula is C16H11N6-. The average Bonchev–Trinajstić information content (AvgIpc) is 3.07. The van der Waals surface area contributed by atoms with Gasteiger partial charge in [0.15, 0.2) is 0 Å². The number of nitrogens with zero attached hydrogens (tertiary/aromatic N) is 5. The molecule has 0 atom stereocenters. The molecule has 0 amide bonds. The van der Waals surface area contributed by atoms with Gasteiger partial charge in [-0.3, -0.25) is 20.8 Å². The van der Waals surface area contributed by atoms with E-state index in [2.05, 4.69) is 61.5 Å². The Hall–Kier alpha value is -3.28. The second kappa shape index (κ2) is 5.25. The third-order valence-corrected chi connectivity index (χ3v) is 3.48. The zero-order valence-electron chi connectivity index (χ0n) is 11.5. The molecule has 22 heavy (non-hydrogen) atoms. The van der Waals surface area contributed by atoms with E-state index in [0.29, 0.717) is 0 Å². The van der Waals surface area contributed by atoms with Crippen LogP contribution in [0, 0.1) is 0 Å². The van der Waals surface area contributed by atoms with Gasteiger partial charge in [0.05, 0.1) is 5.95 Å². The van der Waals surface area contributed by atoms with Crippen LogP contribution in [0.5, 0.6) is 0 Å². The summed E-state index contributed by atoms with van der Waals surface area (Å²) in [4.78, 5) is 0. The van der Waals surface area contributed by atoms with Crippen LogP contribution < -0.4 is 0 Å². The molecule has 0 aliphatic carbocycles. The number of aromatic amines is 1. The largest absolute Gasteiger partial charge is 0.277 e. The van der Waals surface area contributed by atoms with Crippen LogP contribution >= 0.6 is 0 Å². The maximum atomic E-state index is 4.10. The molecule has 1 heterocycles. The summed E-state index contributed by atoms with van der Waals surface area (Å²) >= 11 is 0. The van der Waals surface area contributed by atoms with E-state index in [9.17, 15) is 0 Å². The Morgan fingerprint density at radius 1 is 0.955 bits per heavy atom. The predicted octanol–water partition coefficient (Wildman–Crippen LogP) is 3.55. The number of nitrogens with one attached hydrogen (secondary N) is 1. The number of hydrogen-bond donors (Lipinski definition) is 1. The number of hydrogen-bond acceptors (Lipinski definition) is 4. The van der Waals surface area contributed by atoms with Crippen molar-refractivity contribution in [1.29, 1.82) is 0 Å². The summed E-state index contributed by atoms with van der Waals surface area (Å²) in [5, 5.41) is 22.0. The molecule has 0 spiro atoms. The lowest BCUT2D eigenvalue weighted by atomic mass is 9.97. The van der Waals surface area contributed by atoms with Crippen LogP contribution in [0.15, 0.2) is 59.7 Å². The minimum Gasteiger partial charge on any atom is -0.277 e. The molecule has 3 aromatic carbocycles. The summed E-state index contributed by atoms with van der Waals surface area (Å²) in [7, 11) is 0. The number of tetrazole rings is 1. The number of H-pyrrole nitrogens is 1. The Morgan fingerprint density at radius 3 is 2.27 bits per heavy atom. The molecule has 0 fully saturated rings.